The van der Waals surface area contributed by atoms with Gasteiger partial charge in [-0.25, -0.2) is 0 Å². The first kappa shape index (κ1) is 21.1. The fourth-order valence-electron chi connectivity index (χ4n) is 3.68. The van der Waals surface area contributed by atoms with Crippen LogP contribution in [0.3, 0.4) is 0 Å². The van der Waals surface area contributed by atoms with Gasteiger partial charge in [-0.05, 0) is 25.7 Å². The van der Waals surface area contributed by atoms with Gasteiger partial charge in [0.1, 0.15) is 6.10 Å². The Bertz CT molecular complexity index is 530. The van der Waals surface area contributed by atoms with E-state index in [0.29, 0.717) is 18.8 Å². The molecule has 7 heteroatoms. The second-order valence-corrected chi connectivity index (χ2v) is 6.42. The van der Waals surface area contributed by atoms with Gasteiger partial charge in [0.05, 0.1) is 13.0 Å². The Morgan fingerprint density at radius 2 is 1.96 bits per heavy atom. The van der Waals surface area contributed by atoms with Crippen LogP contribution >= 0.6 is 0 Å². The highest BCUT2D eigenvalue weighted by atomic mass is 16.6. The summed E-state index contributed by atoms with van der Waals surface area (Å²) in [6, 6.07) is -0.459. The molecule has 0 N–H and O–H groups in total. The van der Waals surface area contributed by atoms with Crippen LogP contribution < -0.4 is 0 Å². The van der Waals surface area contributed by atoms with Crippen LogP contribution in [0.5, 0.6) is 0 Å². The molecular weight excluding hydrogens is 326 g/mol. The SMILES string of the molecule is CC.CC1OC(=O)C2C=C3C[C@H]([N+](=O)[O-])CCC3CC12.COC(C)=O. The van der Waals surface area contributed by atoms with E-state index < -0.39 is 6.04 Å². The summed E-state index contributed by atoms with van der Waals surface area (Å²) in [4.78, 5) is 32.0. The molecular formula is C18H29NO6. The lowest BCUT2D eigenvalue weighted by Gasteiger charge is -2.34. The Morgan fingerprint density at radius 1 is 1.36 bits per heavy atom. The van der Waals surface area contributed by atoms with Crippen molar-refractivity contribution in [1.82, 2.24) is 0 Å². The van der Waals surface area contributed by atoms with Crippen molar-refractivity contribution in [3.63, 3.8) is 0 Å². The molecule has 1 saturated heterocycles. The Labute approximate surface area is 148 Å². The summed E-state index contributed by atoms with van der Waals surface area (Å²) < 4.78 is 9.38. The number of hydrogen-bond donors (Lipinski definition) is 0. The van der Waals surface area contributed by atoms with E-state index in [1.165, 1.54) is 14.0 Å². The molecule has 1 saturated carbocycles. The van der Waals surface area contributed by atoms with Crippen LogP contribution in [0, 0.1) is 27.9 Å². The fraction of sp³-hybridized carbons (Fsp3) is 0.778. The monoisotopic (exact) mass is 355 g/mol. The molecule has 7 nitrogen and oxygen atoms in total. The summed E-state index contributed by atoms with van der Waals surface area (Å²) in [6.07, 6.45) is 4.97. The van der Waals surface area contributed by atoms with Crippen LogP contribution in [-0.2, 0) is 19.1 Å². The molecule has 142 valence electrons. The van der Waals surface area contributed by atoms with Crippen molar-refractivity contribution in [2.75, 3.05) is 7.11 Å². The normalized spacial score (nSPS) is 32.3. The van der Waals surface area contributed by atoms with Crippen LogP contribution in [0.2, 0.25) is 0 Å². The van der Waals surface area contributed by atoms with Gasteiger partial charge in [-0.2, -0.15) is 0 Å². The molecule has 0 amide bonds. The number of nitro groups is 1. The van der Waals surface area contributed by atoms with Crippen molar-refractivity contribution in [2.45, 2.75) is 65.5 Å². The maximum absolute atomic E-state index is 11.7. The Kier molecular flexibility index (Phi) is 8.06. The molecule has 25 heavy (non-hydrogen) atoms. The number of esters is 2. The summed E-state index contributed by atoms with van der Waals surface area (Å²) in [5.74, 6) is 0.154. The predicted octanol–water partition coefficient (Wildman–Crippen LogP) is 3.15. The lowest BCUT2D eigenvalue weighted by Crippen LogP contribution is -2.34. The van der Waals surface area contributed by atoms with Gasteiger partial charge in [-0.15, -0.1) is 0 Å². The Balaban J connectivity index is 0.000000388. The van der Waals surface area contributed by atoms with E-state index in [-0.39, 0.29) is 34.8 Å². The van der Waals surface area contributed by atoms with Gasteiger partial charge >= 0.3 is 11.9 Å². The van der Waals surface area contributed by atoms with Crippen molar-refractivity contribution < 1.29 is 24.0 Å². The lowest BCUT2D eigenvalue weighted by atomic mass is 9.68. The maximum atomic E-state index is 11.7. The maximum Gasteiger partial charge on any atom is 0.313 e. The third-order valence-corrected chi connectivity index (χ3v) is 5.02. The summed E-state index contributed by atoms with van der Waals surface area (Å²) >= 11 is 0. The van der Waals surface area contributed by atoms with E-state index in [0.717, 1.165) is 18.4 Å². The third kappa shape index (κ3) is 5.28. The third-order valence-electron chi connectivity index (χ3n) is 5.02. The molecule has 3 rings (SSSR count). The van der Waals surface area contributed by atoms with Gasteiger partial charge in [-0.1, -0.05) is 25.5 Å². The van der Waals surface area contributed by atoms with Crippen LogP contribution in [-0.4, -0.2) is 36.1 Å². The summed E-state index contributed by atoms with van der Waals surface area (Å²) in [6.45, 7) is 7.31. The van der Waals surface area contributed by atoms with Crippen LogP contribution in [0.1, 0.15) is 53.4 Å². The molecule has 2 aliphatic carbocycles. The number of hydrogen-bond acceptors (Lipinski definition) is 6. The minimum absolute atomic E-state index is 0.00598. The van der Waals surface area contributed by atoms with Gasteiger partial charge in [0.15, 0.2) is 0 Å². The van der Waals surface area contributed by atoms with E-state index in [4.69, 9.17) is 4.74 Å². The molecule has 1 aliphatic heterocycles. The number of rotatable bonds is 1. The number of carbonyl (C=O) groups is 2. The highest BCUT2D eigenvalue weighted by Gasteiger charge is 2.47. The van der Waals surface area contributed by atoms with Crippen LogP contribution in [0.4, 0.5) is 0 Å². The molecule has 5 atom stereocenters. The van der Waals surface area contributed by atoms with E-state index in [2.05, 4.69) is 4.74 Å². The smallest absolute Gasteiger partial charge is 0.313 e. The van der Waals surface area contributed by atoms with E-state index in [1.807, 2.05) is 26.8 Å². The van der Waals surface area contributed by atoms with Gasteiger partial charge in [0.25, 0.3) is 0 Å². The first-order valence-corrected chi connectivity index (χ1v) is 8.92. The minimum Gasteiger partial charge on any atom is -0.469 e. The molecule has 2 fully saturated rings. The molecule has 0 spiro atoms. The summed E-state index contributed by atoms with van der Waals surface area (Å²) in [5.41, 5.74) is 1.12. The summed E-state index contributed by atoms with van der Waals surface area (Å²) in [7, 11) is 1.35. The second kappa shape index (κ2) is 9.53. The van der Waals surface area contributed by atoms with E-state index >= 15 is 0 Å². The quantitative estimate of drug-likeness (QED) is 0.310. The fourth-order valence-corrected chi connectivity index (χ4v) is 3.68. The number of methoxy groups -OCH3 is 1. The van der Waals surface area contributed by atoms with Crippen LogP contribution in [0.25, 0.3) is 0 Å². The number of cyclic esters (lactones) is 1. The first-order chi connectivity index (χ1) is 11.8. The van der Waals surface area contributed by atoms with Crippen molar-refractivity contribution in [3.8, 4) is 0 Å². The first-order valence-electron chi connectivity index (χ1n) is 8.92. The van der Waals surface area contributed by atoms with Crippen molar-refractivity contribution in [2.24, 2.45) is 17.8 Å². The molecule has 0 bridgehead atoms. The molecule has 0 aromatic carbocycles. The zero-order valence-corrected chi connectivity index (χ0v) is 15.7. The van der Waals surface area contributed by atoms with Crippen molar-refractivity contribution >= 4 is 11.9 Å². The number of ether oxygens (including phenoxy) is 2. The molecule has 0 radical (unpaired) electrons. The van der Waals surface area contributed by atoms with Crippen LogP contribution in [0.15, 0.2) is 11.6 Å². The largest absolute Gasteiger partial charge is 0.469 e. The van der Waals surface area contributed by atoms with Gasteiger partial charge in [0.2, 0.25) is 6.04 Å². The predicted molar refractivity (Wildman–Crippen MR) is 92.4 cm³/mol. The van der Waals surface area contributed by atoms with Gasteiger partial charge < -0.3 is 9.47 Å². The van der Waals surface area contributed by atoms with Gasteiger partial charge in [-0.3, -0.25) is 19.7 Å². The van der Waals surface area contributed by atoms with Crippen molar-refractivity contribution in [1.29, 1.82) is 0 Å². The summed E-state index contributed by atoms with van der Waals surface area (Å²) in [5, 5.41) is 10.9. The highest BCUT2D eigenvalue weighted by molar-refractivity contribution is 5.77. The topological polar surface area (TPSA) is 95.7 Å². The van der Waals surface area contributed by atoms with E-state index in [9.17, 15) is 19.7 Å². The molecule has 0 aromatic heterocycles. The number of fused-ring (bicyclic) bond motifs is 2. The number of nitrogens with zero attached hydrogens (tertiary/aromatic N) is 1. The minimum atomic E-state index is -0.459. The van der Waals surface area contributed by atoms with Crippen molar-refractivity contribution in [3.05, 3.63) is 21.8 Å². The highest BCUT2D eigenvalue weighted by Crippen LogP contribution is 2.46. The van der Waals surface area contributed by atoms with Gasteiger partial charge in [0, 0.05) is 30.6 Å². The molecule has 3 aliphatic rings. The average molecular weight is 355 g/mol. The lowest BCUT2D eigenvalue weighted by molar-refractivity contribution is -0.524. The molecule has 1 heterocycles. The zero-order valence-electron chi connectivity index (χ0n) is 15.7. The average Bonchev–Trinajstić information content (AvgIpc) is 2.88. The Hall–Kier alpha value is -1.92. The molecule has 0 aromatic rings. The standard InChI is InChI=1S/C13H17NO4.C3H6O2.C2H6/c1-7-11-5-8-2-3-10(14(16)17)4-9(8)6-12(11)13(15)18-7;1-3(4)5-2;1-2/h6-8,10-12H,2-5H2,1H3;1-2H3;1-2H3/t7?,8?,10-,11?,12?;;/m1../s1. The second-order valence-electron chi connectivity index (χ2n) is 6.42. The zero-order chi connectivity index (χ0) is 19.1. The van der Waals surface area contributed by atoms with E-state index in [1.54, 1.807) is 0 Å². The Morgan fingerprint density at radius 3 is 2.48 bits per heavy atom. The molecule has 4 unspecified atom stereocenters. The number of carbonyl (C=O) groups excluding carboxylic acids is 2.